The molecule has 0 aliphatic heterocycles. The number of aliphatic hydroxyl groups is 1. The van der Waals surface area contributed by atoms with Gasteiger partial charge in [0.05, 0.1) is 16.0 Å². The molecular weight excluding hydrogens is 239 g/mol. The number of hydrogen-bond donors (Lipinski definition) is 2. The minimum atomic E-state index is -0.750. The van der Waals surface area contributed by atoms with Gasteiger partial charge in [0.2, 0.25) is 0 Å². The standard InChI is InChI=1S/C9H10ClFN2O3/c1-5(14)4-12-8-3-7(11)6(10)2-9(8)13(15)16/h2-3,5,12,14H,4H2,1H3. The topological polar surface area (TPSA) is 75.4 Å². The van der Waals surface area contributed by atoms with Crippen molar-refractivity contribution in [3.63, 3.8) is 0 Å². The first-order chi connectivity index (χ1) is 7.41. The molecule has 0 aliphatic rings. The van der Waals surface area contributed by atoms with Gasteiger partial charge in [-0.1, -0.05) is 11.6 Å². The molecule has 0 heterocycles. The van der Waals surface area contributed by atoms with E-state index >= 15 is 0 Å². The minimum absolute atomic E-state index is 0.00667. The number of halogens is 2. The number of benzene rings is 1. The number of nitrogens with one attached hydrogen (secondary N) is 1. The molecule has 0 saturated heterocycles. The second kappa shape index (κ2) is 5.09. The molecule has 16 heavy (non-hydrogen) atoms. The summed E-state index contributed by atoms with van der Waals surface area (Å²) in [6.45, 7) is 1.59. The molecule has 0 amide bonds. The van der Waals surface area contributed by atoms with Gasteiger partial charge in [-0.3, -0.25) is 10.1 Å². The average Bonchev–Trinajstić information content (AvgIpc) is 2.18. The van der Waals surface area contributed by atoms with Gasteiger partial charge in [0, 0.05) is 18.7 Å². The Hall–Kier alpha value is -1.40. The Bertz CT molecular complexity index is 412. The fourth-order valence-corrected chi connectivity index (χ4v) is 1.24. The van der Waals surface area contributed by atoms with Crippen LogP contribution in [0.15, 0.2) is 12.1 Å². The van der Waals surface area contributed by atoms with Gasteiger partial charge < -0.3 is 10.4 Å². The van der Waals surface area contributed by atoms with Gasteiger partial charge in [-0.15, -0.1) is 0 Å². The smallest absolute Gasteiger partial charge is 0.294 e. The molecule has 0 aliphatic carbocycles. The molecule has 2 N–H and O–H groups in total. The summed E-state index contributed by atoms with van der Waals surface area (Å²) >= 11 is 5.44. The summed E-state index contributed by atoms with van der Waals surface area (Å²) in [5.74, 6) is -0.750. The lowest BCUT2D eigenvalue weighted by molar-refractivity contribution is -0.384. The van der Waals surface area contributed by atoms with E-state index in [2.05, 4.69) is 5.32 Å². The fourth-order valence-electron chi connectivity index (χ4n) is 1.09. The molecule has 0 spiro atoms. The van der Waals surface area contributed by atoms with E-state index in [4.69, 9.17) is 16.7 Å². The normalized spacial score (nSPS) is 12.2. The Morgan fingerprint density at radius 1 is 1.69 bits per heavy atom. The molecule has 0 bridgehead atoms. The Labute approximate surface area is 96.0 Å². The van der Waals surface area contributed by atoms with E-state index in [-0.39, 0.29) is 22.9 Å². The number of hydrogen-bond acceptors (Lipinski definition) is 4. The molecule has 1 aromatic rings. The quantitative estimate of drug-likeness (QED) is 0.633. The summed E-state index contributed by atoms with van der Waals surface area (Å²) in [5, 5.41) is 21.9. The summed E-state index contributed by atoms with van der Waals surface area (Å²) < 4.78 is 13.1. The second-order valence-corrected chi connectivity index (χ2v) is 3.68. The zero-order chi connectivity index (χ0) is 12.3. The van der Waals surface area contributed by atoms with Crippen LogP contribution in [0.5, 0.6) is 0 Å². The Morgan fingerprint density at radius 3 is 2.81 bits per heavy atom. The van der Waals surface area contributed by atoms with Crippen molar-refractivity contribution in [3.8, 4) is 0 Å². The van der Waals surface area contributed by atoms with Gasteiger partial charge in [-0.25, -0.2) is 4.39 Å². The maximum Gasteiger partial charge on any atom is 0.294 e. The summed E-state index contributed by atoms with van der Waals surface area (Å²) in [6, 6.07) is 1.87. The van der Waals surface area contributed by atoms with Crippen molar-refractivity contribution in [1.82, 2.24) is 0 Å². The van der Waals surface area contributed by atoms with Crippen molar-refractivity contribution in [2.45, 2.75) is 13.0 Å². The van der Waals surface area contributed by atoms with E-state index in [9.17, 15) is 14.5 Å². The average molecular weight is 249 g/mol. The van der Waals surface area contributed by atoms with Crippen molar-refractivity contribution in [1.29, 1.82) is 0 Å². The van der Waals surface area contributed by atoms with Gasteiger partial charge in [0.15, 0.2) is 0 Å². The molecule has 1 unspecified atom stereocenters. The summed E-state index contributed by atoms with van der Waals surface area (Å²) in [4.78, 5) is 9.98. The molecule has 0 saturated carbocycles. The van der Waals surface area contributed by atoms with Gasteiger partial charge in [-0.05, 0) is 6.92 Å². The van der Waals surface area contributed by atoms with Crippen LogP contribution < -0.4 is 5.32 Å². The van der Waals surface area contributed by atoms with E-state index < -0.39 is 16.8 Å². The summed E-state index contributed by atoms with van der Waals surface area (Å²) in [6.07, 6.45) is -0.696. The van der Waals surface area contributed by atoms with Crippen molar-refractivity contribution in [3.05, 3.63) is 33.1 Å². The molecule has 1 aromatic carbocycles. The van der Waals surface area contributed by atoms with Gasteiger partial charge >= 0.3 is 0 Å². The first kappa shape index (κ1) is 12.7. The third-order valence-electron chi connectivity index (χ3n) is 1.82. The number of nitro benzene ring substituents is 1. The van der Waals surface area contributed by atoms with Crippen LogP contribution in [-0.4, -0.2) is 22.7 Å². The summed E-state index contributed by atoms with van der Waals surface area (Å²) in [5.41, 5.74) is -0.333. The minimum Gasteiger partial charge on any atom is -0.392 e. The van der Waals surface area contributed by atoms with E-state index in [0.717, 1.165) is 12.1 Å². The van der Waals surface area contributed by atoms with Crippen LogP contribution in [0, 0.1) is 15.9 Å². The number of anilines is 1. The molecule has 7 heteroatoms. The largest absolute Gasteiger partial charge is 0.392 e. The molecule has 0 fully saturated rings. The summed E-state index contributed by atoms with van der Waals surface area (Å²) in [7, 11) is 0. The number of aliphatic hydroxyl groups excluding tert-OH is 1. The Balaban J connectivity index is 3.05. The van der Waals surface area contributed by atoms with E-state index in [1.807, 2.05) is 0 Å². The van der Waals surface area contributed by atoms with E-state index in [1.165, 1.54) is 6.92 Å². The molecule has 1 atom stereocenters. The van der Waals surface area contributed by atoms with Crippen LogP contribution in [0.4, 0.5) is 15.8 Å². The Kier molecular flexibility index (Phi) is 4.03. The molecular formula is C9H10ClFN2O3. The first-order valence-electron chi connectivity index (χ1n) is 4.47. The van der Waals surface area contributed by atoms with Crippen LogP contribution in [-0.2, 0) is 0 Å². The van der Waals surface area contributed by atoms with Crippen molar-refractivity contribution >= 4 is 23.0 Å². The highest BCUT2D eigenvalue weighted by Crippen LogP contribution is 2.30. The van der Waals surface area contributed by atoms with E-state index in [1.54, 1.807) is 0 Å². The fraction of sp³-hybridized carbons (Fsp3) is 0.333. The highest BCUT2D eigenvalue weighted by molar-refractivity contribution is 6.31. The van der Waals surface area contributed by atoms with Crippen LogP contribution >= 0.6 is 11.6 Å². The highest BCUT2D eigenvalue weighted by atomic mass is 35.5. The number of nitro groups is 1. The predicted molar refractivity (Wildman–Crippen MR) is 58.2 cm³/mol. The zero-order valence-corrected chi connectivity index (χ0v) is 9.16. The lowest BCUT2D eigenvalue weighted by Crippen LogP contribution is -2.16. The van der Waals surface area contributed by atoms with Crippen molar-refractivity contribution in [2.75, 3.05) is 11.9 Å². The van der Waals surface area contributed by atoms with E-state index in [0.29, 0.717) is 0 Å². The van der Waals surface area contributed by atoms with Crippen LogP contribution in [0.3, 0.4) is 0 Å². The van der Waals surface area contributed by atoms with Gasteiger partial charge in [-0.2, -0.15) is 0 Å². The molecule has 5 nitrogen and oxygen atoms in total. The lowest BCUT2D eigenvalue weighted by atomic mass is 10.2. The number of rotatable bonds is 4. The van der Waals surface area contributed by atoms with Crippen LogP contribution in [0.2, 0.25) is 5.02 Å². The van der Waals surface area contributed by atoms with Gasteiger partial charge in [0.1, 0.15) is 11.5 Å². The lowest BCUT2D eigenvalue weighted by Gasteiger charge is -2.09. The SMILES string of the molecule is CC(O)CNc1cc(F)c(Cl)cc1[N+](=O)[O-]. The van der Waals surface area contributed by atoms with Crippen molar-refractivity contribution < 1.29 is 14.4 Å². The highest BCUT2D eigenvalue weighted by Gasteiger charge is 2.17. The predicted octanol–water partition coefficient (Wildman–Crippen LogP) is 2.18. The Morgan fingerprint density at radius 2 is 2.31 bits per heavy atom. The third-order valence-corrected chi connectivity index (χ3v) is 2.11. The maximum absolute atomic E-state index is 13.1. The maximum atomic E-state index is 13.1. The molecule has 88 valence electrons. The zero-order valence-electron chi connectivity index (χ0n) is 8.41. The van der Waals surface area contributed by atoms with Gasteiger partial charge in [0.25, 0.3) is 5.69 Å². The van der Waals surface area contributed by atoms with Crippen LogP contribution in [0.25, 0.3) is 0 Å². The third kappa shape index (κ3) is 3.04. The first-order valence-corrected chi connectivity index (χ1v) is 4.85. The second-order valence-electron chi connectivity index (χ2n) is 3.27. The molecule has 0 aromatic heterocycles. The monoisotopic (exact) mass is 248 g/mol. The molecule has 1 rings (SSSR count). The number of nitrogens with zero attached hydrogens (tertiary/aromatic N) is 1. The van der Waals surface area contributed by atoms with Crippen LogP contribution in [0.1, 0.15) is 6.92 Å². The van der Waals surface area contributed by atoms with Crippen molar-refractivity contribution in [2.24, 2.45) is 0 Å². The molecule has 0 radical (unpaired) electrons.